The minimum Gasteiger partial charge on any atom is -0.297 e. The number of amides is 2. The van der Waals surface area contributed by atoms with Crippen molar-refractivity contribution < 1.29 is 9.59 Å². The first-order chi connectivity index (χ1) is 18.5. The molecular formula is C31H30N4O2S. The topological polar surface area (TPSA) is 56.8 Å². The highest BCUT2D eigenvalue weighted by Crippen LogP contribution is 2.33. The number of aryl methyl sites for hydroxylation is 1. The molecule has 3 aromatic carbocycles. The summed E-state index contributed by atoms with van der Waals surface area (Å²) >= 11 is 1.65. The summed E-state index contributed by atoms with van der Waals surface area (Å²) in [6, 6.07) is 23.8. The van der Waals surface area contributed by atoms with E-state index >= 15 is 0 Å². The lowest BCUT2D eigenvalue weighted by molar-refractivity contribution is -0.123. The maximum atomic E-state index is 13.4. The third kappa shape index (κ3) is 5.05. The number of anilines is 1. The third-order valence-electron chi connectivity index (χ3n) is 7.36. The van der Waals surface area contributed by atoms with Crippen LogP contribution < -0.4 is 4.90 Å². The molecule has 6 rings (SSSR count). The van der Waals surface area contributed by atoms with Crippen LogP contribution in [0.1, 0.15) is 17.5 Å². The Balaban J connectivity index is 1.08. The lowest BCUT2D eigenvalue weighted by Crippen LogP contribution is -2.52. The predicted molar refractivity (Wildman–Crippen MR) is 154 cm³/mol. The summed E-state index contributed by atoms with van der Waals surface area (Å²) in [6.45, 7) is 6.29. The van der Waals surface area contributed by atoms with Crippen LogP contribution >= 0.6 is 11.3 Å². The van der Waals surface area contributed by atoms with Gasteiger partial charge < -0.3 is 0 Å². The van der Waals surface area contributed by atoms with Gasteiger partial charge in [0.2, 0.25) is 5.91 Å². The SMILES string of the molecule is Cc1ccc2nc(-c3ccc(N4C(=O)CC(N5CCN(CC=Cc6ccccc6)CC5)C4=O)cc3)sc2c1. The van der Waals surface area contributed by atoms with Gasteiger partial charge in [0, 0.05) is 38.3 Å². The third-order valence-corrected chi connectivity index (χ3v) is 8.43. The van der Waals surface area contributed by atoms with Crippen molar-refractivity contribution in [1.82, 2.24) is 14.8 Å². The van der Waals surface area contributed by atoms with Crippen molar-refractivity contribution in [2.75, 3.05) is 37.6 Å². The number of fused-ring (bicyclic) bond motifs is 1. The predicted octanol–water partition coefficient (Wildman–Crippen LogP) is 5.23. The van der Waals surface area contributed by atoms with E-state index in [4.69, 9.17) is 4.98 Å². The normalized spacial score (nSPS) is 19.3. The molecule has 1 unspecified atom stereocenters. The average molecular weight is 523 g/mol. The molecule has 2 fully saturated rings. The average Bonchev–Trinajstić information content (AvgIpc) is 3.49. The number of benzene rings is 3. The van der Waals surface area contributed by atoms with Crippen LogP contribution in [-0.2, 0) is 9.59 Å². The van der Waals surface area contributed by atoms with Crippen LogP contribution in [0.15, 0.2) is 78.9 Å². The zero-order chi connectivity index (χ0) is 26.1. The molecule has 0 saturated carbocycles. The number of imide groups is 1. The molecule has 0 radical (unpaired) electrons. The summed E-state index contributed by atoms with van der Waals surface area (Å²) in [4.78, 5) is 37.0. The number of piperazine rings is 1. The van der Waals surface area contributed by atoms with E-state index in [1.165, 1.54) is 16.0 Å². The van der Waals surface area contributed by atoms with Gasteiger partial charge >= 0.3 is 0 Å². The van der Waals surface area contributed by atoms with Crippen molar-refractivity contribution in [1.29, 1.82) is 0 Å². The van der Waals surface area contributed by atoms with Gasteiger partial charge in [-0.25, -0.2) is 9.88 Å². The molecule has 2 amide bonds. The molecule has 0 aliphatic carbocycles. The van der Waals surface area contributed by atoms with E-state index in [2.05, 4.69) is 53.1 Å². The molecule has 0 N–H and O–H groups in total. The molecular weight excluding hydrogens is 492 g/mol. The van der Waals surface area contributed by atoms with E-state index in [0.717, 1.165) is 53.5 Å². The quantitative estimate of drug-likeness (QED) is 0.325. The Morgan fingerprint density at radius 2 is 1.71 bits per heavy atom. The van der Waals surface area contributed by atoms with Crippen LogP contribution in [0, 0.1) is 6.92 Å². The van der Waals surface area contributed by atoms with Gasteiger partial charge in [0.1, 0.15) is 5.01 Å². The molecule has 6 nitrogen and oxygen atoms in total. The second-order valence-electron chi connectivity index (χ2n) is 9.97. The van der Waals surface area contributed by atoms with Gasteiger partial charge in [0.25, 0.3) is 5.91 Å². The number of rotatable bonds is 6. The van der Waals surface area contributed by atoms with Crippen LogP contribution in [0.25, 0.3) is 26.9 Å². The highest BCUT2D eigenvalue weighted by atomic mass is 32.1. The Kier molecular flexibility index (Phi) is 6.89. The van der Waals surface area contributed by atoms with E-state index in [1.807, 2.05) is 48.5 Å². The van der Waals surface area contributed by atoms with Crippen LogP contribution in [0.5, 0.6) is 0 Å². The maximum Gasteiger partial charge on any atom is 0.251 e. The summed E-state index contributed by atoms with van der Waals surface area (Å²) in [6.07, 6.45) is 4.58. The summed E-state index contributed by atoms with van der Waals surface area (Å²) in [7, 11) is 0. The molecule has 2 aliphatic heterocycles. The standard InChI is InChI=1S/C31H30N4O2S/c1-22-9-14-26-28(20-22)38-30(32-26)24-10-12-25(13-11-24)35-29(36)21-27(31(35)37)34-18-16-33(17-19-34)15-5-8-23-6-3-2-4-7-23/h2-14,20,27H,15-19,21H2,1H3. The molecule has 2 saturated heterocycles. The van der Waals surface area contributed by atoms with E-state index in [0.29, 0.717) is 5.69 Å². The van der Waals surface area contributed by atoms with Crippen molar-refractivity contribution in [2.45, 2.75) is 19.4 Å². The van der Waals surface area contributed by atoms with Crippen molar-refractivity contribution in [3.05, 3.63) is 90.0 Å². The largest absolute Gasteiger partial charge is 0.297 e. The first kappa shape index (κ1) is 24.7. The number of aromatic nitrogens is 1. The zero-order valence-electron chi connectivity index (χ0n) is 21.4. The fraction of sp³-hybridized carbons (Fsp3) is 0.258. The molecule has 0 bridgehead atoms. The lowest BCUT2D eigenvalue weighted by atomic mass is 10.1. The molecule has 7 heteroatoms. The number of thiazole rings is 1. The van der Waals surface area contributed by atoms with Gasteiger partial charge in [0.05, 0.1) is 28.4 Å². The fourth-order valence-electron chi connectivity index (χ4n) is 5.24. The molecule has 38 heavy (non-hydrogen) atoms. The highest BCUT2D eigenvalue weighted by Gasteiger charge is 2.43. The first-order valence-corrected chi connectivity index (χ1v) is 13.9. The maximum absolute atomic E-state index is 13.4. The van der Waals surface area contributed by atoms with Crippen LogP contribution in [-0.4, -0.2) is 65.4 Å². The number of hydrogen-bond donors (Lipinski definition) is 0. The lowest BCUT2D eigenvalue weighted by Gasteiger charge is -2.36. The van der Waals surface area contributed by atoms with Crippen LogP contribution in [0.3, 0.4) is 0 Å². The molecule has 0 spiro atoms. The second-order valence-corrected chi connectivity index (χ2v) is 11.0. The second kappa shape index (κ2) is 10.6. The van der Waals surface area contributed by atoms with E-state index in [-0.39, 0.29) is 24.3 Å². The first-order valence-electron chi connectivity index (χ1n) is 13.1. The number of carbonyl (C=O) groups excluding carboxylic acids is 2. The summed E-state index contributed by atoms with van der Waals surface area (Å²) in [5.41, 5.74) is 5.02. The zero-order valence-corrected chi connectivity index (χ0v) is 22.2. The van der Waals surface area contributed by atoms with E-state index in [1.54, 1.807) is 11.3 Å². The van der Waals surface area contributed by atoms with Crippen molar-refractivity contribution >= 4 is 45.1 Å². The Hall–Kier alpha value is -3.65. The summed E-state index contributed by atoms with van der Waals surface area (Å²) in [5, 5.41) is 0.936. The van der Waals surface area contributed by atoms with Gasteiger partial charge in [0.15, 0.2) is 0 Å². The Morgan fingerprint density at radius 3 is 2.47 bits per heavy atom. The number of nitrogens with zero attached hydrogens (tertiary/aromatic N) is 4. The Morgan fingerprint density at radius 1 is 0.947 bits per heavy atom. The van der Waals surface area contributed by atoms with Crippen LogP contribution in [0.4, 0.5) is 5.69 Å². The number of hydrogen-bond acceptors (Lipinski definition) is 6. The van der Waals surface area contributed by atoms with Gasteiger partial charge in [-0.1, -0.05) is 48.6 Å². The summed E-state index contributed by atoms with van der Waals surface area (Å²) in [5.74, 6) is -0.243. The molecule has 192 valence electrons. The molecule has 1 atom stereocenters. The van der Waals surface area contributed by atoms with Gasteiger partial charge in [-0.3, -0.25) is 19.4 Å². The smallest absolute Gasteiger partial charge is 0.251 e. The summed E-state index contributed by atoms with van der Waals surface area (Å²) < 4.78 is 1.16. The number of carbonyl (C=O) groups is 2. The van der Waals surface area contributed by atoms with Gasteiger partial charge in [-0.15, -0.1) is 11.3 Å². The molecule has 4 aromatic rings. The molecule has 1 aromatic heterocycles. The van der Waals surface area contributed by atoms with Gasteiger partial charge in [-0.05, 0) is 54.4 Å². The minimum absolute atomic E-state index is 0.115. The molecule has 3 heterocycles. The monoisotopic (exact) mass is 522 g/mol. The van der Waals surface area contributed by atoms with Gasteiger partial charge in [-0.2, -0.15) is 0 Å². The highest BCUT2D eigenvalue weighted by molar-refractivity contribution is 7.21. The van der Waals surface area contributed by atoms with Crippen LogP contribution in [0.2, 0.25) is 0 Å². The Bertz CT molecular complexity index is 1490. The van der Waals surface area contributed by atoms with Crippen molar-refractivity contribution in [2.24, 2.45) is 0 Å². The van der Waals surface area contributed by atoms with Crippen molar-refractivity contribution in [3.63, 3.8) is 0 Å². The van der Waals surface area contributed by atoms with E-state index in [9.17, 15) is 9.59 Å². The Labute approximate surface area is 226 Å². The molecule has 2 aliphatic rings. The minimum atomic E-state index is -0.378. The van der Waals surface area contributed by atoms with E-state index < -0.39 is 0 Å². The van der Waals surface area contributed by atoms with Crippen molar-refractivity contribution in [3.8, 4) is 10.6 Å². The fourth-order valence-corrected chi connectivity index (χ4v) is 6.31.